The van der Waals surface area contributed by atoms with E-state index < -0.39 is 12.0 Å². The topological polar surface area (TPSA) is 83.6 Å². The van der Waals surface area contributed by atoms with E-state index in [0.717, 1.165) is 32.1 Å². The largest absolute Gasteiger partial charge is 0.480 e. The van der Waals surface area contributed by atoms with Crippen LogP contribution in [-0.4, -0.2) is 40.5 Å². The van der Waals surface area contributed by atoms with E-state index in [0.29, 0.717) is 19.4 Å². The zero-order valence-electron chi connectivity index (χ0n) is 18.5. The first-order valence-corrected chi connectivity index (χ1v) is 11.2. The molecule has 0 aromatic heterocycles. The number of aliphatic carboxylic acids is 1. The summed E-state index contributed by atoms with van der Waals surface area (Å²) >= 11 is 0. The predicted octanol–water partition coefficient (Wildman–Crippen LogP) is 5.54. The summed E-state index contributed by atoms with van der Waals surface area (Å²) in [5, 5.41) is 9.64. The molecular formula is C22H45ClN2O3. The molecule has 28 heavy (non-hydrogen) atoms. The van der Waals surface area contributed by atoms with Gasteiger partial charge in [0.15, 0.2) is 0 Å². The van der Waals surface area contributed by atoms with E-state index in [2.05, 4.69) is 6.92 Å². The van der Waals surface area contributed by atoms with Gasteiger partial charge in [0, 0.05) is 12.5 Å². The summed E-state index contributed by atoms with van der Waals surface area (Å²) in [4.78, 5) is 26.2. The molecule has 0 rings (SSSR count). The van der Waals surface area contributed by atoms with Crippen LogP contribution < -0.4 is 5.73 Å². The molecule has 5 nitrogen and oxygen atoms in total. The van der Waals surface area contributed by atoms with E-state index in [4.69, 9.17) is 5.73 Å². The van der Waals surface area contributed by atoms with E-state index in [1.807, 2.05) is 13.8 Å². The molecule has 1 amide bonds. The molecule has 6 heteroatoms. The number of hydrogen-bond donors (Lipinski definition) is 2. The maximum Gasteiger partial charge on any atom is 0.326 e. The van der Waals surface area contributed by atoms with E-state index in [-0.39, 0.29) is 24.4 Å². The highest BCUT2D eigenvalue weighted by molar-refractivity contribution is 5.85. The SMILES string of the molecule is CCCCCCCCCCCC(=O)N(C(C)CC)[C@@H](CCCCN)C(=O)O.Cl. The average molecular weight is 421 g/mol. The van der Waals surface area contributed by atoms with Crippen molar-refractivity contribution in [2.45, 2.75) is 123 Å². The summed E-state index contributed by atoms with van der Waals surface area (Å²) in [5.41, 5.74) is 5.52. The number of nitrogens with zero attached hydrogens (tertiary/aromatic N) is 1. The second-order valence-electron chi connectivity index (χ2n) is 7.78. The molecule has 0 spiro atoms. The van der Waals surface area contributed by atoms with Gasteiger partial charge in [-0.2, -0.15) is 0 Å². The van der Waals surface area contributed by atoms with Crippen LogP contribution in [0.15, 0.2) is 0 Å². The smallest absolute Gasteiger partial charge is 0.326 e. The minimum absolute atomic E-state index is 0. The van der Waals surface area contributed by atoms with E-state index in [1.54, 1.807) is 4.90 Å². The lowest BCUT2D eigenvalue weighted by Crippen LogP contribution is -2.49. The van der Waals surface area contributed by atoms with Crippen molar-refractivity contribution in [2.24, 2.45) is 5.73 Å². The van der Waals surface area contributed by atoms with Crippen LogP contribution in [0.1, 0.15) is 111 Å². The summed E-state index contributed by atoms with van der Waals surface area (Å²) in [5.74, 6) is -0.903. The molecule has 0 heterocycles. The third-order valence-corrected chi connectivity index (χ3v) is 5.40. The highest BCUT2D eigenvalue weighted by Gasteiger charge is 2.31. The lowest BCUT2D eigenvalue weighted by molar-refractivity contribution is -0.152. The second kappa shape index (κ2) is 19.5. The minimum Gasteiger partial charge on any atom is -0.480 e. The molecule has 0 aliphatic carbocycles. The van der Waals surface area contributed by atoms with Crippen molar-refractivity contribution in [1.82, 2.24) is 4.90 Å². The normalized spacial score (nSPS) is 12.9. The summed E-state index contributed by atoms with van der Waals surface area (Å²) in [6.07, 6.45) is 14.1. The Kier molecular flexibility index (Phi) is 20.5. The van der Waals surface area contributed by atoms with Crippen LogP contribution in [0, 0.1) is 0 Å². The Morgan fingerprint density at radius 2 is 1.43 bits per heavy atom. The third-order valence-electron chi connectivity index (χ3n) is 5.40. The molecule has 0 aliphatic heterocycles. The van der Waals surface area contributed by atoms with Crippen molar-refractivity contribution in [2.75, 3.05) is 6.54 Å². The molecule has 0 aliphatic rings. The van der Waals surface area contributed by atoms with E-state index >= 15 is 0 Å². The number of carbonyl (C=O) groups is 2. The lowest BCUT2D eigenvalue weighted by Gasteiger charge is -2.34. The van der Waals surface area contributed by atoms with Gasteiger partial charge < -0.3 is 15.7 Å². The number of unbranched alkanes of at least 4 members (excludes halogenated alkanes) is 9. The monoisotopic (exact) mass is 420 g/mol. The fourth-order valence-corrected chi connectivity index (χ4v) is 3.50. The Morgan fingerprint density at radius 1 is 0.893 bits per heavy atom. The maximum atomic E-state index is 12.8. The molecule has 1 unspecified atom stereocenters. The Labute approximate surface area is 179 Å². The Hall–Kier alpha value is -0.810. The van der Waals surface area contributed by atoms with Crippen LogP contribution in [-0.2, 0) is 9.59 Å². The van der Waals surface area contributed by atoms with Gasteiger partial charge in [-0.15, -0.1) is 12.4 Å². The van der Waals surface area contributed by atoms with Crippen molar-refractivity contribution < 1.29 is 14.7 Å². The Balaban J connectivity index is 0. The standard InChI is InChI=1S/C22H44N2O3.ClH/c1-4-6-7-8-9-10-11-12-13-17-21(25)24(19(3)5-2)20(22(26)27)16-14-15-18-23;/h19-20H,4-18,23H2,1-3H3,(H,26,27);1H/t19?,20-;/m0./s1. The molecule has 0 saturated heterocycles. The number of nitrogens with two attached hydrogens (primary N) is 1. The summed E-state index contributed by atoms with van der Waals surface area (Å²) < 4.78 is 0. The van der Waals surface area contributed by atoms with Crippen molar-refractivity contribution in [1.29, 1.82) is 0 Å². The molecule has 2 atom stereocenters. The molecule has 0 aromatic carbocycles. The number of carboxylic acid groups (broad SMARTS) is 1. The van der Waals surface area contributed by atoms with Gasteiger partial charge in [-0.3, -0.25) is 4.79 Å². The molecule has 0 radical (unpaired) electrons. The van der Waals surface area contributed by atoms with Gasteiger partial charge in [-0.1, -0.05) is 65.2 Å². The quantitative estimate of drug-likeness (QED) is 0.285. The van der Waals surface area contributed by atoms with Crippen molar-refractivity contribution in [3.8, 4) is 0 Å². The van der Waals surface area contributed by atoms with Gasteiger partial charge in [0.1, 0.15) is 6.04 Å². The fraction of sp³-hybridized carbons (Fsp3) is 0.909. The fourth-order valence-electron chi connectivity index (χ4n) is 3.50. The van der Waals surface area contributed by atoms with E-state index in [9.17, 15) is 14.7 Å². The van der Waals surface area contributed by atoms with Crippen molar-refractivity contribution in [3.63, 3.8) is 0 Å². The molecule has 0 fully saturated rings. The van der Waals surface area contributed by atoms with Crippen molar-refractivity contribution in [3.05, 3.63) is 0 Å². The maximum absolute atomic E-state index is 12.8. The first-order valence-electron chi connectivity index (χ1n) is 11.2. The van der Waals surface area contributed by atoms with Crippen LogP contribution in [0.2, 0.25) is 0 Å². The number of amides is 1. The first-order chi connectivity index (χ1) is 13.0. The zero-order valence-corrected chi connectivity index (χ0v) is 19.3. The zero-order chi connectivity index (χ0) is 20.5. The molecule has 0 saturated carbocycles. The molecule has 0 bridgehead atoms. The summed E-state index contributed by atoms with van der Waals surface area (Å²) in [6.45, 7) is 6.74. The van der Waals surface area contributed by atoms with E-state index in [1.165, 1.54) is 44.9 Å². The molecular weight excluding hydrogens is 376 g/mol. The lowest BCUT2D eigenvalue weighted by atomic mass is 10.0. The van der Waals surface area contributed by atoms with Gasteiger partial charge in [0.25, 0.3) is 0 Å². The summed E-state index contributed by atoms with van der Waals surface area (Å²) in [7, 11) is 0. The molecule has 0 aromatic rings. The van der Waals surface area contributed by atoms with Gasteiger partial charge in [0.05, 0.1) is 0 Å². The van der Waals surface area contributed by atoms with Crippen LogP contribution in [0.5, 0.6) is 0 Å². The van der Waals surface area contributed by atoms with Gasteiger partial charge in [-0.25, -0.2) is 4.79 Å². The highest BCUT2D eigenvalue weighted by atomic mass is 35.5. The average Bonchev–Trinajstić information content (AvgIpc) is 2.65. The van der Waals surface area contributed by atoms with Crippen molar-refractivity contribution >= 4 is 24.3 Å². The predicted molar refractivity (Wildman–Crippen MR) is 120 cm³/mol. The second-order valence-corrected chi connectivity index (χ2v) is 7.78. The number of hydrogen-bond acceptors (Lipinski definition) is 3. The number of halogens is 1. The van der Waals surface area contributed by atoms with Crippen LogP contribution in [0.3, 0.4) is 0 Å². The van der Waals surface area contributed by atoms with Crippen LogP contribution >= 0.6 is 12.4 Å². The van der Waals surface area contributed by atoms with Gasteiger partial charge in [-0.05, 0) is 45.6 Å². The number of carbonyl (C=O) groups excluding carboxylic acids is 1. The van der Waals surface area contributed by atoms with Gasteiger partial charge in [0.2, 0.25) is 5.91 Å². The first kappa shape index (κ1) is 29.4. The third kappa shape index (κ3) is 13.4. The Morgan fingerprint density at radius 3 is 1.89 bits per heavy atom. The van der Waals surface area contributed by atoms with Crippen LogP contribution in [0.4, 0.5) is 0 Å². The number of rotatable bonds is 18. The minimum atomic E-state index is -0.896. The molecule has 3 N–H and O–H groups in total. The van der Waals surface area contributed by atoms with Crippen LogP contribution in [0.25, 0.3) is 0 Å². The van der Waals surface area contributed by atoms with Gasteiger partial charge >= 0.3 is 5.97 Å². The summed E-state index contributed by atoms with van der Waals surface area (Å²) in [6, 6.07) is -0.771. The number of carboxylic acids is 1. The molecule has 168 valence electrons. The Bertz CT molecular complexity index is 394. The highest BCUT2D eigenvalue weighted by Crippen LogP contribution is 2.18.